The Balaban J connectivity index is 2.34. The highest BCUT2D eigenvalue weighted by Gasteiger charge is 2.01. The number of hydrogen-bond acceptors (Lipinski definition) is 4. The number of aromatic nitrogens is 2. The molecule has 1 rings (SSSR count). The number of anilines is 1. The van der Waals surface area contributed by atoms with E-state index in [-0.39, 0.29) is 6.10 Å². The lowest BCUT2D eigenvalue weighted by atomic mass is 10.4. The van der Waals surface area contributed by atoms with Crippen molar-refractivity contribution in [2.45, 2.75) is 20.0 Å². The highest BCUT2D eigenvalue weighted by molar-refractivity contribution is 6.29. The van der Waals surface area contributed by atoms with Gasteiger partial charge in [-0.15, -0.1) is 10.2 Å². The van der Waals surface area contributed by atoms with E-state index in [0.29, 0.717) is 17.5 Å². The first-order valence-corrected chi connectivity index (χ1v) is 4.95. The molecule has 0 aromatic carbocycles. The summed E-state index contributed by atoms with van der Waals surface area (Å²) in [6, 6.07) is 3.48. The Kier molecular flexibility index (Phi) is 4.62. The van der Waals surface area contributed by atoms with Crippen molar-refractivity contribution in [3.8, 4) is 0 Å². The molecule has 0 aliphatic rings. The molecule has 0 radical (unpaired) electrons. The van der Waals surface area contributed by atoms with E-state index in [1.807, 2.05) is 13.8 Å². The number of rotatable bonds is 5. The summed E-state index contributed by atoms with van der Waals surface area (Å²) in [6.07, 6.45) is 0.164. The lowest BCUT2D eigenvalue weighted by Gasteiger charge is -2.12. The zero-order chi connectivity index (χ0) is 10.4. The van der Waals surface area contributed by atoms with Crippen molar-refractivity contribution in [1.29, 1.82) is 0 Å². The van der Waals surface area contributed by atoms with Gasteiger partial charge < -0.3 is 10.1 Å². The standard InChI is InChI=1S/C9H14ClN3O/c1-3-14-7(2)6-11-9-5-4-8(10)12-13-9/h4-5,7H,3,6H2,1-2H3,(H,11,13). The predicted molar refractivity (Wildman–Crippen MR) is 56.6 cm³/mol. The van der Waals surface area contributed by atoms with E-state index in [4.69, 9.17) is 16.3 Å². The second kappa shape index (κ2) is 5.78. The zero-order valence-corrected chi connectivity index (χ0v) is 9.08. The maximum absolute atomic E-state index is 5.60. The molecule has 0 amide bonds. The van der Waals surface area contributed by atoms with E-state index < -0.39 is 0 Å². The van der Waals surface area contributed by atoms with E-state index in [1.165, 1.54) is 0 Å². The molecule has 0 aliphatic carbocycles. The first-order chi connectivity index (χ1) is 6.72. The molecular formula is C9H14ClN3O. The van der Waals surface area contributed by atoms with Gasteiger partial charge in [-0.1, -0.05) is 11.6 Å². The normalized spacial score (nSPS) is 12.5. The second-order valence-electron chi connectivity index (χ2n) is 2.89. The van der Waals surface area contributed by atoms with Crippen molar-refractivity contribution in [3.63, 3.8) is 0 Å². The van der Waals surface area contributed by atoms with Crippen LogP contribution in [0.3, 0.4) is 0 Å². The van der Waals surface area contributed by atoms with Crippen molar-refractivity contribution in [2.75, 3.05) is 18.5 Å². The average molecular weight is 216 g/mol. The number of ether oxygens (including phenoxy) is 1. The number of hydrogen-bond donors (Lipinski definition) is 1. The van der Waals surface area contributed by atoms with Crippen LogP contribution < -0.4 is 5.32 Å². The lowest BCUT2D eigenvalue weighted by Crippen LogP contribution is -2.20. The first-order valence-electron chi connectivity index (χ1n) is 4.57. The first kappa shape index (κ1) is 11.2. The molecule has 1 aromatic heterocycles. The molecule has 1 unspecified atom stereocenters. The molecule has 78 valence electrons. The van der Waals surface area contributed by atoms with Gasteiger partial charge in [0.05, 0.1) is 6.10 Å². The molecule has 5 heteroatoms. The van der Waals surface area contributed by atoms with Gasteiger partial charge in [0.2, 0.25) is 0 Å². The molecule has 0 spiro atoms. The van der Waals surface area contributed by atoms with Crippen molar-refractivity contribution in [3.05, 3.63) is 17.3 Å². The van der Waals surface area contributed by atoms with Gasteiger partial charge in [0.15, 0.2) is 5.15 Å². The monoisotopic (exact) mass is 215 g/mol. The molecule has 0 fully saturated rings. The largest absolute Gasteiger partial charge is 0.377 e. The molecule has 4 nitrogen and oxygen atoms in total. The molecule has 0 saturated heterocycles. The van der Waals surface area contributed by atoms with Gasteiger partial charge in [0.1, 0.15) is 5.82 Å². The topological polar surface area (TPSA) is 47.0 Å². The Bertz CT molecular complexity index is 265. The van der Waals surface area contributed by atoms with Gasteiger partial charge >= 0.3 is 0 Å². The molecule has 1 N–H and O–H groups in total. The Labute approximate surface area is 88.6 Å². The summed E-state index contributed by atoms with van der Waals surface area (Å²) in [6.45, 7) is 5.40. The highest BCUT2D eigenvalue weighted by Crippen LogP contribution is 2.06. The summed E-state index contributed by atoms with van der Waals surface area (Å²) in [4.78, 5) is 0. The molecule has 14 heavy (non-hydrogen) atoms. The average Bonchev–Trinajstić information content (AvgIpc) is 2.17. The third-order valence-electron chi connectivity index (χ3n) is 1.65. The third kappa shape index (κ3) is 3.89. The Morgan fingerprint density at radius 2 is 2.29 bits per heavy atom. The fraction of sp³-hybridized carbons (Fsp3) is 0.556. The Hall–Kier alpha value is -0.870. The van der Waals surface area contributed by atoms with E-state index >= 15 is 0 Å². The Morgan fingerprint density at radius 3 is 2.86 bits per heavy atom. The SMILES string of the molecule is CCOC(C)CNc1ccc(Cl)nn1. The second-order valence-corrected chi connectivity index (χ2v) is 3.28. The zero-order valence-electron chi connectivity index (χ0n) is 8.33. The minimum Gasteiger partial charge on any atom is -0.377 e. The van der Waals surface area contributed by atoms with Gasteiger partial charge in [-0.3, -0.25) is 0 Å². The molecule has 1 heterocycles. The molecule has 0 saturated carbocycles. The minimum atomic E-state index is 0.164. The predicted octanol–water partition coefficient (Wildman–Crippen LogP) is 1.97. The highest BCUT2D eigenvalue weighted by atomic mass is 35.5. The van der Waals surface area contributed by atoms with E-state index in [1.54, 1.807) is 12.1 Å². The van der Waals surface area contributed by atoms with Crippen LogP contribution in [0.25, 0.3) is 0 Å². The van der Waals surface area contributed by atoms with Gasteiger partial charge in [-0.2, -0.15) is 0 Å². The van der Waals surface area contributed by atoms with E-state index in [2.05, 4.69) is 15.5 Å². The summed E-state index contributed by atoms with van der Waals surface area (Å²) < 4.78 is 5.35. The van der Waals surface area contributed by atoms with E-state index in [9.17, 15) is 0 Å². The smallest absolute Gasteiger partial charge is 0.151 e. The third-order valence-corrected chi connectivity index (χ3v) is 1.86. The maximum atomic E-state index is 5.60. The number of nitrogens with one attached hydrogen (secondary N) is 1. The fourth-order valence-electron chi connectivity index (χ4n) is 1.00. The quantitative estimate of drug-likeness (QED) is 0.816. The summed E-state index contributed by atoms with van der Waals surface area (Å²) in [7, 11) is 0. The fourth-order valence-corrected chi connectivity index (χ4v) is 1.10. The van der Waals surface area contributed by atoms with E-state index in [0.717, 1.165) is 6.61 Å². The summed E-state index contributed by atoms with van der Waals surface area (Å²) in [5, 5.41) is 11.1. The van der Waals surface area contributed by atoms with Crippen LogP contribution >= 0.6 is 11.6 Å². The van der Waals surface area contributed by atoms with Crippen LogP contribution in [0, 0.1) is 0 Å². The van der Waals surface area contributed by atoms with Crippen molar-refractivity contribution >= 4 is 17.4 Å². The number of halogens is 1. The van der Waals surface area contributed by atoms with Crippen LogP contribution in [0.2, 0.25) is 5.15 Å². The van der Waals surface area contributed by atoms with Crippen LogP contribution in [0.4, 0.5) is 5.82 Å². The minimum absolute atomic E-state index is 0.164. The van der Waals surface area contributed by atoms with Gasteiger partial charge in [-0.25, -0.2) is 0 Å². The van der Waals surface area contributed by atoms with Crippen LogP contribution in [0.15, 0.2) is 12.1 Å². The lowest BCUT2D eigenvalue weighted by molar-refractivity contribution is 0.0854. The van der Waals surface area contributed by atoms with Crippen LogP contribution in [-0.4, -0.2) is 29.5 Å². The number of nitrogens with zero attached hydrogens (tertiary/aromatic N) is 2. The van der Waals surface area contributed by atoms with Gasteiger partial charge in [0.25, 0.3) is 0 Å². The summed E-state index contributed by atoms with van der Waals surface area (Å²) in [5.74, 6) is 0.709. The molecule has 1 atom stereocenters. The summed E-state index contributed by atoms with van der Waals surface area (Å²) >= 11 is 5.60. The Morgan fingerprint density at radius 1 is 1.50 bits per heavy atom. The van der Waals surface area contributed by atoms with Crippen molar-refractivity contribution in [2.24, 2.45) is 0 Å². The van der Waals surface area contributed by atoms with Crippen LogP contribution in [0.1, 0.15) is 13.8 Å². The molecule has 1 aromatic rings. The molecule has 0 aliphatic heterocycles. The maximum Gasteiger partial charge on any atom is 0.151 e. The van der Waals surface area contributed by atoms with Crippen molar-refractivity contribution in [1.82, 2.24) is 10.2 Å². The molecular weight excluding hydrogens is 202 g/mol. The molecule has 0 bridgehead atoms. The summed E-state index contributed by atoms with van der Waals surface area (Å²) in [5.41, 5.74) is 0. The van der Waals surface area contributed by atoms with Gasteiger partial charge in [0, 0.05) is 13.2 Å². The van der Waals surface area contributed by atoms with Gasteiger partial charge in [-0.05, 0) is 26.0 Å². The van der Waals surface area contributed by atoms with Crippen molar-refractivity contribution < 1.29 is 4.74 Å². The van der Waals surface area contributed by atoms with Crippen LogP contribution in [0.5, 0.6) is 0 Å². The van der Waals surface area contributed by atoms with Crippen LogP contribution in [-0.2, 0) is 4.74 Å².